The third-order valence-electron chi connectivity index (χ3n) is 4.09. The van der Waals surface area contributed by atoms with E-state index < -0.39 is 5.54 Å². The quantitative estimate of drug-likeness (QED) is 0.928. The first-order chi connectivity index (χ1) is 9.87. The third-order valence-corrected chi connectivity index (χ3v) is 4.39. The standard InChI is InChI=1S/C16H24ClN3O/c1-5-18-11-12-6-7-14(13(17)10-12)20-9-8-19(4)15(21)16(20,2)3/h6-7,10,18H,5,8-9,11H2,1-4H3. The topological polar surface area (TPSA) is 35.6 Å². The summed E-state index contributed by atoms with van der Waals surface area (Å²) in [4.78, 5) is 16.3. The molecule has 2 rings (SSSR count). The predicted molar refractivity (Wildman–Crippen MR) is 87.9 cm³/mol. The van der Waals surface area contributed by atoms with Gasteiger partial charge in [-0.3, -0.25) is 4.79 Å². The van der Waals surface area contributed by atoms with Gasteiger partial charge >= 0.3 is 0 Å². The maximum atomic E-state index is 12.4. The molecule has 116 valence electrons. The molecule has 5 heteroatoms. The highest BCUT2D eigenvalue weighted by Crippen LogP contribution is 2.34. The number of anilines is 1. The van der Waals surface area contributed by atoms with Gasteiger partial charge in [0.2, 0.25) is 5.91 Å². The summed E-state index contributed by atoms with van der Waals surface area (Å²) in [7, 11) is 1.85. The van der Waals surface area contributed by atoms with Crippen LogP contribution in [0.15, 0.2) is 18.2 Å². The van der Waals surface area contributed by atoms with Gasteiger partial charge in [0.05, 0.1) is 10.7 Å². The lowest BCUT2D eigenvalue weighted by Crippen LogP contribution is -2.62. The zero-order chi connectivity index (χ0) is 15.6. The largest absolute Gasteiger partial charge is 0.355 e. The number of halogens is 1. The van der Waals surface area contributed by atoms with E-state index >= 15 is 0 Å². The first kappa shape index (κ1) is 16.1. The predicted octanol–water partition coefficient (Wildman–Crippen LogP) is 2.51. The number of nitrogens with one attached hydrogen (secondary N) is 1. The Labute approximate surface area is 132 Å². The number of piperazine rings is 1. The number of rotatable bonds is 4. The lowest BCUT2D eigenvalue weighted by atomic mass is 9.96. The normalized spacial score (nSPS) is 18.2. The monoisotopic (exact) mass is 309 g/mol. The molecule has 1 aromatic rings. The summed E-state index contributed by atoms with van der Waals surface area (Å²) >= 11 is 6.46. The molecule has 0 saturated carbocycles. The van der Waals surface area contributed by atoms with Crippen LogP contribution in [0.4, 0.5) is 5.69 Å². The van der Waals surface area contributed by atoms with E-state index in [9.17, 15) is 4.79 Å². The van der Waals surface area contributed by atoms with Crippen LogP contribution in [0.25, 0.3) is 0 Å². The number of likely N-dealkylation sites (N-methyl/N-ethyl adjacent to an activating group) is 1. The van der Waals surface area contributed by atoms with Crippen LogP contribution in [0.5, 0.6) is 0 Å². The van der Waals surface area contributed by atoms with E-state index in [1.54, 1.807) is 4.90 Å². The highest BCUT2D eigenvalue weighted by molar-refractivity contribution is 6.33. The molecule has 1 aliphatic heterocycles. The Balaban J connectivity index is 2.27. The minimum absolute atomic E-state index is 0.126. The molecule has 21 heavy (non-hydrogen) atoms. The highest BCUT2D eigenvalue weighted by atomic mass is 35.5. The van der Waals surface area contributed by atoms with E-state index in [-0.39, 0.29) is 5.91 Å². The van der Waals surface area contributed by atoms with Crippen molar-refractivity contribution in [2.75, 3.05) is 31.6 Å². The minimum Gasteiger partial charge on any atom is -0.355 e. The fourth-order valence-corrected chi connectivity index (χ4v) is 3.09. The van der Waals surface area contributed by atoms with E-state index in [2.05, 4.69) is 23.2 Å². The van der Waals surface area contributed by atoms with Gasteiger partial charge in [-0.05, 0) is 38.1 Å². The van der Waals surface area contributed by atoms with Gasteiger partial charge in [-0.25, -0.2) is 0 Å². The van der Waals surface area contributed by atoms with Crippen molar-refractivity contribution in [2.45, 2.75) is 32.9 Å². The minimum atomic E-state index is -0.570. The number of carbonyl (C=O) groups is 1. The summed E-state index contributed by atoms with van der Waals surface area (Å²) in [5.41, 5.74) is 1.52. The van der Waals surface area contributed by atoms with E-state index in [1.807, 2.05) is 33.0 Å². The molecular formula is C16H24ClN3O. The first-order valence-electron chi connectivity index (χ1n) is 7.40. The molecule has 1 aromatic carbocycles. The van der Waals surface area contributed by atoms with Crippen LogP contribution in [0.2, 0.25) is 5.02 Å². The lowest BCUT2D eigenvalue weighted by Gasteiger charge is -2.46. The average molecular weight is 310 g/mol. The van der Waals surface area contributed by atoms with Crippen LogP contribution in [0.3, 0.4) is 0 Å². The fourth-order valence-electron chi connectivity index (χ4n) is 2.78. The molecule has 1 amide bonds. The molecular weight excluding hydrogens is 286 g/mol. The Kier molecular flexibility index (Phi) is 4.79. The van der Waals surface area contributed by atoms with Crippen molar-refractivity contribution in [1.82, 2.24) is 10.2 Å². The number of hydrogen-bond donors (Lipinski definition) is 1. The van der Waals surface area contributed by atoms with Crippen LogP contribution in [0, 0.1) is 0 Å². The third kappa shape index (κ3) is 3.16. The molecule has 0 radical (unpaired) electrons. The molecule has 1 aliphatic rings. The SMILES string of the molecule is CCNCc1ccc(N2CCN(C)C(=O)C2(C)C)c(Cl)c1. The van der Waals surface area contributed by atoms with E-state index in [4.69, 9.17) is 11.6 Å². The van der Waals surface area contributed by atoms with Crippen molar-refractivity contribution in [1.29, 1.82) is 0 Å². The van der Waals surface area contributed by atoms with Gasteiger partial charge in [0.1, 0.15) is 5.54 Å². The summed E-state index contributed by atoms with van der Waals surface area (Å²) in [5.74, 6) is 0.126. The van der Waals surface area contributed by atoms with E-state index in [0.29, 0.717) is 5.02 Å². The molecule has 1 heterocycles. The maximum Gasteiger partial charge on any atom is 0.247 e. The second-order valence-corrected chi connectivity index (χ2v) is 6.41. The van der Waals surface area contributed by atoms with Gasteiger partial charge in [0.15, 0.2) is 0 Å². The number of hydrogen-bond acceptors (Lipinski definition) is 3. The lowest BCUT2D eigenvalue weighted by molar-refractivity contribution is -0.136. The molecule has 1 N–H and O–H groups in total. The van der Waals surface area contributed by atoms with E-state index in [0.717, 1.165) is 37.4 Å². The molecule has 0 aromatic heterocycles. The van der Waals surface area contributed by atoms with Gasteiger partial charge in [-0.15, -0.1) is 0 Å². The summed E-state index contributed by atoms with van der Waals surface area (Å²) < 4.78 is 0. The van der Waals surface area contributed by atoms with Crippen LogP contribution < -0.4 is 10.2 Å². The molecule has 1 fully saturated rings. The number of carbonyl (C=O) groups excluding carboxylic acids is 1. The second kappa shape index (κ2) is 6.24. The van der Waals surface area contributed by atoms with Crippen LogP contribution in [-0.2, 0) is 11.3 Å². The van der Waals surface area contributed by atoms with Crippen LogP contribution >= 0.6 is 11.6 Å². The van der Waals surface area contributed by atoms with Crippen molar-refractivity contribution < 1.29 is 4.79 Å². The Morgan fingerprint density at radius 1 is 1.33 bits per heavy atom. The number of nitrogens with zero attached hydrogens (tertiary/aromatic N) is 2. The summed E-state index contributed by atoms with van der Waals surface area (Å²) in [5, 5.41) is 3.99. The van der Waals surface area contributed by atoms with Crippen molar-refractivity contribution in [3.05, 3.63) is 28.8 Å². The molecule has 0 aliphatic carbocycles. The Hall–Kier alpha value is -1.26. The number of benzene rings is 1. The molecule has 1 saturated heterocycles. The van der Waals surface area contributed by atoms with Gasteiger partial charge in [-0.2, -0.15) is 0 Å². The Morgan fingerprint density at radius 3 is 2.67 bits per heavy atom. The van der Waals surface area contributed by atoms with Crippen molar-refractivity contribution in [2.24, 2.45) is 0 Å². The van der Waals surface area contributed by atoms with Crippen LogP contribution in [-0.4, -0.2) is 43.0 Å². The van der Waals surface area contributed by atoms with Gasteiger partial charge in [0, 0.05) is 26.7 Å². The van der Waals surface area contributed by atoms with Gasteiger partial charge in [0.25, 0.3) is 0 Å². The zero-order valence-electron chi connectivity index (χ0n) is 13.2. The highest BCUT2D eigenvalue weighted by Gasteiger charge is 2.41. The zero-order valence-corrected chi connectivity index (χ0v) is 14.0. The first-order valence-corrected chi connectivity index (χ1v) is 7.78. The Morgan fingerprint density at radius 2 is 2.05 bits per heavy atom. The van der Waals surface area contributed by atoms with E-state index in [1.165, 1.54) is 0 Å². The van der Waals surface area contributed by atoms with Crippen molar-refractivity contribution in [3.8, 4) is 0 Å². The summed E-state index contributed by atoms with van der Waals surface area (Å²) in [6.07, 6.45) is 0. The molecule has 4 nitrogen and oxygen atoms in total. The second-order valence-electron chi connectivity index (χ2n) is 6.00. The maximum absolute atomic E-state index is 12.4. The van der Waals surface area contributed by atoms with Crippen LogP contribution in [0.1, 0.15) is 26.3 Å². The number of amides is 1. The molecule has 0 atom stereocenters. The Bertz CT molecular complexity index is 530. The molecule has 0 spiro atoms. The average Bonchev–Trinajstić information content (AvgIpc) is 2.44. The van der Waals surface area contributed by atoms with Crippen molar-refractivity contribution in [3.63, 3.8) is 0 Å². The van der Waals surface area contributed by atoms with Crippen molar-refractivity contribution >= 4 is 23.2 Å². The smallest absolute Gasteiger partial charge is 0.247 e. The molecule has 0 unspecified atom stereocenters. The summed E-state index contributed by atoms with van der Waals surface area (Å²) in [6.45, 7) is 9.23. The fraction of sp³-hybridized carbons (Fsp3) is 0.562. The van der Waals surface area contributed by atoms with Gasteiger partial charge in [-0.1, -0.05) is 24.6 Å². The van der Waals surface area contributed by atoms with Gasteiger partial charge < -0.3 is 15.1 Å². The summed E-state index contributed by atoms with van der Waals surface area (Å²) in [6, 6.07) is 6.08. The molecule has 0 bridgehead atoms.